The molecule has 0 aliphatic heterocycles. The van der Waals surface area contributed by atoms with E-state index in [0.29, 0.717) is 0 Å². The van der Waals surface area contributed by atoms with Gasteiger partial charge in [0, 0.05) is 0 Å². The van der Waals surface area contributed by atoms with Crippen molar-refractivity contribution < 1.29 is 22.4 Å². The number of ketones is 1. The minimum atomic E-state index is -4.64. The Kier molecular flexibility index (Phi) is 4.15. The van der Waals surface area contributed by atoms with Crippen molar-refractivity contribution in [1.29, 1.82) is 0 Å². The SMILES string of the molecule is CCC(O[Si](C)(C)C)(C(C)=O)C(F)(F)F. The third kappa shape index (κ3) is 3.31. The molecule has 0 amide bonds. The number of hydrogen-bond donors (Lipinski definition) is 0. The van der Waals surface area contributed by atoms with E-state index in [4.69, 9.17) is 4.43 Å². The van der Waals surface area contributed by atoms with E-state index in [2.05, 4.69) is 0 Å². The van der Waals surface area contributed by atoms with Crippen LogP contribution < -0.4 is 0 Å². The lowest BCUT2D eigenvalue weighted by atomic mass is 9.96. The fourth-order valence-electron chi connectivity index (χ4n) is 1.37. The molecule has 6 heteroatoms. The van der Waals surface area contributed by atoms with Crippen LogP contribution in [0.1, 0.15) is 20.3 Å². The highest BCUT2D eigenvalue weighted by Crippen LogP contribution is 2.39. The van der Waals surface area contributed by atoms with Crippen LogP contribution in [0.3, 0.4) is 0 Å². The molecule has 0 saturated carbocycles. The maximum atomic E-state index is 12.8. The van der Waals surface area contributed by atoms with Gasteiger partial charge < -0.3 is 4.43 Å². The second-order valence-corrected chi connectivity index (χ2v) is 8.88. The van der Waals surface area contributed by atoms with Crippen LogP contribution in [0.4, 0.5) is 13.2 Å². The number of carbonyl (C=O) groups is 1. The Morgan fingerprint density at radius 3 is 1.73 bits per heavy atom. The Labute approximate surface area is 88.9 Å². The van der Waals surface area contributed by atoms with Crippen molar-refractivity contribution in [2.75, 3.05) is 0 Å². The summed E-state index contributed by atoms with van der Waals surface area (Å²) in [7, 11) is -2.43. The third-order valence-electron chi connectivity index (χ3n) is 2.00. The first kappa shape index (κ1) is 14.6. The summed E-state index contributed by atoms with van der Waals surface area (Å²) >= 11 is 0. The summed E-state index contributed by atoms with van der Waals surface area (Å²) in [6, 6.07) is 0. The van der Waals surface area contributed by atoms with Gasteiger partial charge in [-0.1, -0.05) is 6.92 Å². The second-order valence-electron chi connectivity index (χ2n) is 4.45. The molecule has 1 unspecified atom stereocenters. The fourth-order valence-corrected chi connectivity index (χ4v) is 2.82. The lowest BCUT2D eigenvalue weighted by Crippen LogP contribution is -2.57. The smallest absolute Gasteiger partial charge is 0.398 e. The number of carbonyl (C=O) groups excluding carboxylic acids is 1. The van der Waals surface area contributed by atoms with Crippen LogP contribution in [0.5, 0.6) is 0 Å². The van der Waals surface area contributed by atoms with Crippen molar-refractivity contribution in [1.82, 2.24) is 0 Å². The second kappa shape index (κ2) is 4.25. The number of halogens is 3. The molecule has 90 valence electrons. The molecule has 0 rings (SSSR count). The lowest BCUT2D eigenvalue weighted by Gasteiger charge is -2.37. The Bertz CT molecular complexity index is 245. The summed E-state index contributed by atoms with van der Waals surface area (Å²) in [6.07, 6.45) is -5.02. The molecule has 0 aromatic heterocycles. The number of alkyl halides is 3. The summed E-state index contributed by atoms with van der Waals surface area (Å²) in [5, 5.41) is 0. The summed E-state index contributed by atoms with van der Waals surface area (Å²) in [4.78, 5) is 11.2. The molecule has 0 fully saturated rings. The molecule has 0 heterocycles. The van der Waals surface area contributed by atoms with Gasteiger partial charge in [-0.3, -0.25) is 4.79 Å². The zero-order chi connectivity index (χ0) is 12.5. The van der Waals surface area contributed by atoms with E-state index < -0.39 is 25.9 Å². The molecular weight excluding hydrogens is 225 g/mol. The summed E-state index contributed by atoms with van der Waals surface area (Å²) in [6.45, 7) is 7.14. The van der Waals surface area contributed by atoms with Gasteiger partial charge in [-0.05, 0) is 33.0 Å². The molecule has 0 aromatic rings. The maximum absolute atomic E-state index is 12.8. The highest BCUT2D eigenvalue weighted by molar-refractivity contribution is 6.70. The molecule has 0 aromatic carbocycles. The predicted octanol–water partition coefficient (Wildman–Crippen LogP) is 3.14. The van der Waals surface area contributed by atoms with Crippen molar-refractivity contribution in [2.24, 2.45) is 0 Å². The quantitative estimate of drug-likeness (QED) is 0.708. The summed E-state index contributed by atoms with van der Waals surface area (Å²) < 4.78 is 43.6. The highest BCUT2D eigenvalue weighted by atomic mass is 28.4. The van der Waals surface area contributed by atoms with Crippen molar-refractivity contribution >= 4 is 14.1 Å². The summed E-state index contributed by atoms with van der Waals surface area (Å²) in [5.41, 5.74) is -2.61. The van der Waals surface area contributed by atoms with E-state index in [-0.39, 0.29) is 6.42 Å². The van der Waals surface area contributed by atoms with E-state index in [9.17, 15) is 18.0 Å². The molecule has 2 nitrogen and oxygen atoms in total. The minimum Gasteiger partial charge on any atom is -0.398 e. The summed E-state index contributed by atoms with van der Waals surface area (Å²) in [5.74, 6) is -0.972. The van der Waals surface area contributed by atoms with E-state index >= 15 is 0 Å². The topological polar surface area (TPSA) is 26.3 Å². The van der Waals surface area contributed by atoms with Gasteiger partial charge in [-0.2, -0.15) is 13.2 Å². The van der Waals surface area contributed by atoms with Crippen LogP contribution in [0.25, 0.3) is 0 Å². The molecule has 0 aliphatic rings. The number of rotatable bonds is 4. The van der Waals surface area contributed by atoms with Crippen molar-refractivity contribution in [3.05, 3.63) is 0 Å². The Hall–Kier alpha value is -0.363. The van der Waals surface area contributed by atoms with Crippen LogP contribution in [0.2, 0.25) is 19.6 Å². The van der Waals surface area contributed by atoms with Gasteiger partial charge in [0.2, 0.25) is 5.60 Å². The van der Waals surface area contributed by atoms with Crippen LogP contribution in [0.15, 0.2) is 0 Å². The van der Waals surface area contributed by atoms with E-state index in [1.807, 2.05) is 0 Å². The number of hydrogen-bond acceptors (Lipinski definition) is 2. The molecule has 1 atom stereocenters. The maximum Gasteiger partial charge on any atom is 0.423 e. The van der Waals surface area contributed by atoms with Gasteiger partial charge in [0.25, 0.3) is 0 Å². The van der Waals surface area contributed by atoms with Gasteiger partial charge in [-0.15, -0.1) is 0 Å². The zero-order valence-electron chi connectivity index (χ0n) is 9.66. The molecule has 0 radical (unpaired) electrons. The van der Waals surface area contributed by atoms with E-state index in [1.165, 1.54) is 6.92 Å². The number of Topliss-reactive ketones (excluding diaryl/α,β-unsaturated/α-hetero) is 1. The van der Waals surface area contributed by atoms with Crippen molar-refractivity contribution in [2.45, 2.75) is 51.7 Å². The Morgan fingerprint density at radius 1 is 1.27 bits per heavy atom. The molecule has 0 saturated heterocycles. The van der Waals surface area contributed by atoms with Crippen molar-refractivity contribution in [3.63, 3.8) is 0 Å². The Balaban J connectivity index is 5.29. The highest BCUT2D eigenvalue weighted by Gasteiger charge is 2.59. The Morgan fingerprint density at radius 2 is 1.67 bits per heavy atom. The van der Waals surface area contributed by atoms with Gasteiger partial charge in [0.1, 0.15) is 0 Å². The first-order chi connectivity index (χ1) is 6.46. The first-order valence-corrected chi connectivity index (χ1v) is 8.15. The fraction of sp³-hybridized carbons (Fsp3) is 0.889. The zero-order valence-corrected chi connectivity index (χ0v) is 10.7. The molecule has 0 aliphatic carbocycles. The third-order valence-corrected chi connectivity index (χ3v) is 2.97. The minimum absolute atomic E-state index is 0.379. The van der Waals surface area contributed by atoms with Gasteiger partial charge in [-0.25, -0.2) is 0 Å². The van der Waals surface area contributed by atoms with Gasteiger partial charge in [0.15, 0.2) is 14.1 Å². The predicted molar refractivity (Wildman–Crippen MR) is 54.2 cm³/mol. The molecule has 0 spiro atoms. The lowest BCUT2D eigenvalue weighted by molar-refractivity contribution is -0.243. The van der Waals surface area contributed by atoms with Gasteiger partial charge >= 0.3 is 6.18 Å². The van der Waals surface area contributed by atoms with E-state index in [1.54, 1.807) is 19.6 Å². The van der Waals surface area contributed by atoms with Gasteiger partial charge in [0.05, 0.1) is 0 Å². The molecule has 0 bridgehead atoms. The molecule has 0 N–H and O–H groups in total. The van der Waals surface area contributed by atoms with Crippen molar-refractivity contribution in [3.8, 4) is 0 Å². The molecular formula is C9H17F3O2Si. The van der Waals surface area contributed by atoms with Crippen LogP contribution >= 0.6 is 0 Å². The van der Waals surface area contributed by atoms with Crippen LogP contribution in [0, 0.1) is 0 Å². The largest absolute Gasteiger partial charge is 0.423 e. The first-order valence-electron chi connectivity index (χ1n) is 4.74. The standard InChI is InChI=1S/C9H17F3O2Si/c1-6-8(7(2)13,9(10,11)12)14-15(3,4)5/h6H2,1-5H3. The normalized spacial score (nSPS) is 17.3. The monoisotopic (exact) mass is 242 g/mol. The molecule has 15 heavy (non-hydrogen) atoms. The average Bonchev–Trinajstić information content (AvgIpc) is 1.95. The van der Waals surface area contributed by atoms with E-state index in [0.717, 1.165) is 6.92 Å². The average molecular weight is 242 g/mol. The van der Waals surface area contributed by atoms with Crippen LogP contribution in [-0.2, 0) is 9.22 Å². The van der Waals surface area contributed by atoms with Crippen LogP contribution in [-0.4, -0.2) is 25.9 Å².